The lowest BCUT2D eigenvalue weighted by Crippen LogP contribution is -2.05. The topological polar surface area (TPSA) is 33.0 Å². The van der Waals surface area contributed by atoms with Crippen LogP contribution in [-0.4, -0.2) is 7.11 Å². The van der Waals surface area contributed by atoms with Crippen molar-refractivity contribution in [1.82, 2.24) is 0 Å². The largest absolute Gasteiger partial charge is 0.496 e. The van der Waals surface area contributed by atoms with Crippen LogP contribution < -0.4 is 4.74 Å². The third-order valence-electron chi connectivity index (χ3n) is 3.33. The summed E-state index contributed by atoms with van der Waals surface area (Å²) in [4.78, 5) is 0. The Hall–Kier alpha value is -1.01. The molecule has 1 aromatic rings. The summed E-state index contributed by atoms with van der Waals surface area (Å²) < 4.78 is 6.59. The van der Waals surface area contributed by atoms with Gasteiger partial charge in [-0.05, 0) is 43.9 Å². The molecule has 0 spiro atoms. The van der Waals surface area contributed by atoms with Gasteiger partial charge in [-0.3, -0.25) is 0 Å². The third-order valence-corrected chi connectivity index (χ3v) is 4.52. The second-order valence-electron chi connectivity index (χ2n) is 4.23. The number of nitriles is 1. The summed E-state index contributed by atoms with van der Waals surface area (Å²) in [7, 11) is 1.67. The maximum atomic E-state index is 9.25. The molecule has 1 atom stereocenters. The van der Waals surface area contributed by atoms with Crippen LogP contribution in [0.25, 0.3) is 0 Å². The molecule has 0 amide bonds. The minimum Gasteiger partial charge on any atom is -0.496 e. The highest BCUT2D eigenvalue weighted by Crippen LogP contribution is 2.40. The second kappa shape index (κ2) is 5.55. The number of rotatable bonds is 3. The Labute approximate surface area is 112 Å². The Morgan fingerprint density at radius 1 is 1.24 bits per heavy atom. The lowest BCUT2D eigenvalue weighted by molar-refractivity contribution is 0.403. The van der Waals surface area contributed by atoms with E-state index in [1.165, 1.54) is 5.56 Å². The first-order valence-corrected chi connectivity index (χ1v) is 6.51. The zero-order valence-corrected chi connectivity index (χ0v) is 12.6. The molecule has 0 heterocycles. The van der Waals surface area contributed by atoms with Gasteiger partial charge in [-0.1, -0.05) is 22.9 Å². The predicted molar refractivity (Wildman–Crippen MR) is 73.6 cm³/mol. The third kappa shape index (κ3) is 2.32. The van der Waals surface area contributed by atoms with E-state index in [4.69, 9.17) is 4.74 Å². The van der Waals surface area contributed by atoms with Gasteiger partial charge in [0.05, 0.1) is 19.1 Å². The Morgan fingerprint density at radius 2 is 1.82 bits per heavy atom. The fraction of sp³-hybridized carbons (Fsp3) is 0.500. The summed E-state index contributed by atoms with van der Waals surface area (Å²) in [6, 6.07) is 2.36. The van der Waals surface area contributed by atoms with Gasteiger partial charge in [0.15, 0.2) is 0 Å². The molecule has 92 valence electrons. The Morgan fingerprint density at radius 3 is 2.24 bits per heavy atom. The molecule has 1 unspecified atom stereocenters. The second-order valence-corrected chi connectivity index (χ2v) is 5.02. The molecule has 0 aliphatic carbocycles. The summed E-state index contributed by atoms with van der Waals surface area (Å²) in [5.74, 6) is 0.747. The summed E-state index contributed by atoms with van der Waals surface area (Å²) >= 11 is 3.61. The van der Waals surface area contributed by atoms with Crippen LogP contribution in [0.4, 0.5) is 0 Å². The zero-order chi connectivity index (χ0) is 13.2. The predicted octanol–water partition coefficient (Wildman–Crippen LogP) is 4.40. The highest BCUT2D eigenvalue weighted by Gasteiger charge is 2.22. The van der Waals surface area contributed by atoms with Crippen molar-refractivity contribution in [2.24, 2.45) is 0 Å². The Kier molecular flexibility index (Phi) is 4.59. The first-order chi connectivity index (χ1) is 7.99. The van der Waals surface area contributed by atoms with Crippen molar-refractivity contribution < 1.29 is 4.74 Å². The maximum absolute atomic E-state index is 9.25. The van der Waals surface area contributed by atoms with Crippen molar-refractivity contribution in [3.63, 3.8) is 0 Å². The van der Waals surface area contributed by atoms with E-state index in [2.05, 4.69) is 28.9 Å². The number of hydrogen-bond donors (Lipinski definition) is 0. The van der Waals surface area contributed by atoms with Crippen LogP contribution in [0.3, 0.4) is 0 Å². The van der Waals surface area contributed by atoms with E-state index in [1.54, 1.807) is 7.11 Å². The molecule has 0 saturated carbocycles. The highest BCUT2D eigenvalue weighted by atomic mass is 79.9. The molecule has 0 aliphatic heterocycles. The zero-order valence-electron chi connectivity index (χ0n) is 11.0. The minimum atomic E-state index is -0.111. The monoisotopic (exact) mass is 295 g/mol. The van der Waals surface area contributed by atoms with Gasteiger partial charge in [0.2, 0.25) is 0 Å². The number of ether oxygens (including phenoxy) is 1. The molecule has 2 nitrogen and oxygen atoms in total. The molecule has 0 saturated heterocycles. The normalized spacial score (nSPS) is 12.1. The number of halogens is 1. The minimum absolute atomic E-state index is 0.111. The van der Waals surface area contributed by atoms with Crippen LogP contribution in [0.5, 0.6) is 5.75 Å². The number of hydrogen-bond acceptors (Lipinski definition) is 2. The molecule has 1 rings (SSSR count). The van der Waals surface area contributed by atoms with Crippen LogP contribution in [0, 0.1) is 32.1 Å². The van der Waals surface area contributed by atoms with Crippen molar-refractivity contribution in [2.45, 2.75) is 40.0 Å². The van der Waals surface area contributed by atoms with Crippen LogP contribution >= 0.6 is 15.9 Å². The van der Waals surface area contributed by atoms with Gasteiger partial charge in [0.1, 0.15) is 5.75 Å². The van der Waals surface area contributed by atoms with Crippen molar-refractivity contribution in [2.75, 3.05) is 7.11 Å². The van der Waals surface area contributed by atoms with Gasteiger partial charge in [-0.2, -0.15) is 5.26 Å². The van der Waals surface area contributed by atoms with E-state index in [1.807, 2.05) is 20.8 Å². The van der Waals surface area contributed by atoms with Crippen molar-refractivity contribution in [1.29, 1.82) is 5.26 Å². The van der Waals surface area contributed by atoms with Crippen LogP contribution in [-0.2, 0) is 0 Å². The molecule has 17 heavy (non-hydrogen) atoms. The molecule has 3 heteroatoms. The Balaban J connectivity index is 3.64. The highest BCUT2D eigenvalue weighted by molar-refractivity contribution is 9.10. The fourth-order valence-corrected chi connectivity index (χ4v) is 2.66. The average Bonchev–Trinajstić information content (AvgIpc) is 2.34. The van der Waals surface area contributed by atoms with Gasteiger partial charge in [0, 0.05) is 10.0 Å². The standard InChI is InChI=1S/C14H18BrNO/c1-6-11(7-16)12-10(4)13(15)8(2)9(3)14(12)17-5/h11H,6H2,1-5H3. The summed E-state index contributed by atoms with van der Waals surface area (Å²) in [5.41, 5.74) is 4.41. The van der Waals surface area contributed by atoms with Crippen LogP contribution in [0.2, 0.25) is 0 Å². The van der Waals surface area contributed by atoms with E-state index >= 15 is 0 Å². The first-order valence-electron chi connectivity index (χ1n) is 5.72. The average molecular weight is 296 g/mol. The van der Waals surface area contributed by atoms with Crippen LogP contribution in [0.1, 0.15) is 41.5 Å². The van der Waals surface area contributed by atoms with E-state index in [9.17, 15) is 5.26 Å². The summed E-state index contributed by atoms with van der Waals surface area (Å²) in [5, 5.41) is 9.25. The summed E-state index contributed by atoms with van der Waals surface area (Å²) in [6.45, 7) is 8.16. The smallest absolute Gasteiger partial charge is 0.126 e. The van der Waals surface area contributed by atoms with Gasteiger partial charge in [0.25, 0.3) is 0 Å². The van der Waals surface area contributed by atoms with Crippen molar-refractivity contribution in [3.05, 3.63) is 26.7 Å². The Bertz CT molecular complexity index is 474. The molecular formula is C14H18BrNO. The molecule has 0 bridgehead atoms. The number of benzene rings is 1. The fourth-order valence-electron chi connectivity index (χ4n) is 2.15. The van der Waals surface area contributed by atoms with Crippen molar-refractivity contribution in [3.8, 4) is 11.8 Å². The number of nitrogens with zero attached hydrogens (tertiary/aromatic N) is 1. The summed E-state index contributed by atoms with van der Waals surface area (Å²) in [6.07, 6.45) is 0.794. The maximum Gasteiger partial charge on any atom is 0.126 e. The first kappa shape index (κ1) is 14.1. The van der Waals surface area contributed by atoms with Gasteiger partial charge >= 0.3 is 0 Å². The lowest BCUT2D eigenvalue weighted by atomic mass is 9.89. The molecule has 0 aromatic heterocycles. The molecule has 0 N–H and O–H groups in total. The van der Waals surface area contributed by atoms with E-state index in [-0.39, 0.29) is 5.92 Å². The van der Waals surface area contributed by atoms with Crippen molar-refractivity contribution >= 4 is 15.9 Å². The number of methoxy groups -OCH3 is 1. The van der Waals surface area contributed by atoms with Gasteiger partial charge < -0.3 is 4.74 Å². The van der Waals surface area contributed by atoms with E-state index in [0.29, 0.717) is 0 Å². The SMILES string of the molecule is CCC(C#N)c1c(C)c(Br)c(C)c(C)c1OC. The van der Waals surface area contributed by atoms with E-state index in [0.717, 1.165) is 33.3 Å². The molecule has 0 aliphatic rings. The van der Waals surface area contributed by atoms with E-state index < -0.39 is 0 Å². The molecular weight excluding hydrogens is 278 g/mol. The van der Waals surface area contributed by atoms with Gasteiger partial charge in [-0.15, -0.1) is 0 Å². The van der Waals surface area contributed by atoms with Gasteiger partial charge in [-0.25, -0.2) is 0 Å². The molecule has 1 aromatic carbocycles. The van der Waals surface area contributed by atoms with Crippen LogP contribution in [0.15, 0.2) is 4.47 Å². The lowest BCUT2D eigenvalue weighted by Gasteiger charge is -2.21. The molecule has 0 fully saturated rings. The quantitative estimate of drug-likeness (QED) is 0.828. The molecule has 0 radical (unpaired) electrons.